The molecule has 4 aromatic rings. The molecule has 142 valence electrons. The summed E-state index contributed by atoms with van der Waals surface area (Å²) in [5, 5.41) is 14.9. The number of benzene rings is 2. The van der Waals surface area contributed by atoms with E-state index >= 15 is 0 Å². The van der Waals surface area contributed by atoms with E-state index in [1.807, 2.05) is 59.3 Å². The van der Waals surface area contributed by atoms with Crippen LogP contribution in [0.15, 0.2) is 72.1 Å². The number of aromatic nitrogens is 2. The number of nitriles is 1. The van der Waals surface area contributed by atoms with Crippen molar-refractivity contribution in [2.24, 2.45) is 5.10 Å². The predicted octanol–water partition coefficient (Wildman–Crippen LogP) is 3.24. The molecule has 1 N–H and O–H groups in total. The average Bonchev–Trinajstić information content (AvgIpc) is 3.10. The molecular formula is C22H17N5O2. The molecule has 0 spiro atoms. The molecule has 2 aromatic heterocycles. The number of carbonyl (C=O) groups excluding carboxylic acids is 1. The SMILES string of the molecule is N#CCn1cc(/C=N\NC(=O)COc2cccc3cccnc23)c2ccccc21. The Labute approximate surface area is 166 Å². The Kier molecular flexibility index (Phi) is 5.16. The molecule has 7 heteroatoms. The topological polar surface area (TPSA) is 92.3 Å². The van der Waals surface area contributed by atoms with Gasteiger partial charge in [-0.3, -0.25) is 9.78 Å². The van der Waals surface area contributed by atoms with Crippen LogP contribution in [0.5, 0.6) is 5.75 Å². The van der Waals surface area contributed by atoms with Crippen molar-refractivity contribution in [2.45, 2.75) is 6.54 Å². The van der Waals surface area contributed by atoms with Gasteiger partial charge in [0.15, 0.2) is 6.61 Å². The van der Waals surface area contributed by atoms with Crippen molar-refractivity contribution < 1.29 is 9.53 Å². The van der Waals surface area contributed by atoms with Crippen LogP contribution in [0.3, 0.4) is 0 Å². The Morgan fingerprint density at radius 2 is 2.07 bits per heavy atom. The summed E-state index contributed by atoms with van der Waals surface area (Å²) in [4.78, 5) is 16.4. The molecule has 4 rings (SSSR count). The van der Waals surface area contributed by atoms with Crippen molar-refractivity contribution in [3.63, 3.8) is 0 Å². The molecule has 29 heavy (non-hydrogen) atoms. The number of para-hydroxylation sites is 2. The molecular weight excluding hydrogens is 366 g/mol. The lowest BCUT2D eigenvalue weighted by atomic mass is 10.2. The number of hydrogen-bond acceptors (Lipinski definition) is 5. The number of amides is 1. The molecule has 7 nitrogen and oxygen atoms in total. The van der Waals surface area contributed by atoms with Crippen LogP contribution in [0.2, 0.25) is 0 Å². The van der Waals surface area contributed by atoms with Crippen LogP contribution >= 0.6 is 0 Å². The van der Waals surface area contributed by atoms with E-state index in [2.05, 4.69) is 21.6 Å². The summed E-state index contributed by atoms with van der Waals surface area (Å²) in [7, 11) is 0. The predicted molar refractivity (Wildman–Crippen MR) is 111 cm³/mol. The lowest BCUT2D eigenvalue weighted by molar-refractivity contribution is -0.123. The van der Waals surface area contributed by atoms with Gasteiger partial charge in [-0.25, -0.2) is 5.43 Å². The van der Waals surface area contributed by atoms with Gasteiger partial charge in [0.05, 0.1) is 12.3 Å². The van der Waals surface area contributed by atoms with Gasteiger partial charge in [-0.1, -0.05) is 36.4 Å². The number of fused-ring (bicyclic) bond motifs is 2. The fraction of sp³-hybridized carbons (Fsp3) is 0.0909. The van der Waals surface area contributed by atoms with Crippen molar-refractivity contribution in [3.8, 4) is 11.8 Å². The van der Waals surface area contributed by atoms with Gasteiger partial charge in [0.25, 0.3) is 5.91 Å². The minimum atomic E-state index is -0.380. The monoisotopic (exact) mass is 383 g/mol. The van der Waals surface area contributed by atoms with E-state index in [1.54, 1.807) is 18.5 Å². The molecule has 0 atom stereocenters. The van der Waals surface area contributed by atoms with E-state index in [9.17, 15) is 4.79 Å². The van der Waals surface area contributed by atoms with E-state index in [4.69, 9.17) is 10.00 Å². The zero-order chi connectivity index (χ0) is 20.1. The third-order valence-corrected chi connectivity index (χ3v) is 4.41. The number of nitrogens with zero attached hydrogens (tertiary/aromatic N) is 4. The largest absolute Gasteiger partial charge is 0.481 e. The maximum Gasteiger partial charge on any atom is 0.277 e. The smallest absolute Gasteiger partial charge is 0.277 e. The molecule has 0 saturated carbocycles. The van der Waals surface area contributed by atoms with Gasteiger partial charge in [0.2, 0.25) is 0 Å². The quantitative estimate of drug-likeness (QED) is 0.409. The Morgan fingerprint density at radius 1 is 1.21 bits per heavy atom. The summed E-state index contributed by atoms with van der Waals surface area (Å²) in [6, 6.07) is 19.2. The van der Waals surface area contributed by atoms with E-state index < -0.39 is 0 Å². The summed E-state index contributed by atoms with van der Waals surface area (Å²) >= 11 is 0. The summed E-state index contributed by atoms with van der Waals surface area (Å²) in [5.74, 6) is 0.164. The number of rotatable bonds is 6. The van der Waals surface area contributed by atoms with Crippen molar-refractivity contribution in [3.05, 3.63) is 72.6 Å². The second-order valence-electron chi connectivity index (χ2n) is 6.30. The van der Waals surface area contributed by atoms with Crippen LogP contribution in [0.1, 0.15) is 5.56 Å². The average molecular weight is 383 g/mol. The van der Waals surface area contributed by atoms with E-state index in [1.165, 1.54) is 0 Å². The van der Waals surface area contributed by atoms with Crippen molar-refractivity contribution >= 4 is 33.9 Å². The molecule has 0 aliphatic carbocycles. The number of nitrogens with one attached hydrogen (secondary N) is 1. The standard InChI is InChI=1S/C22H17N5O2/c23-10-12-27-14-17(18-7-1-2-8-19(18)27)13-25-26-21(28)15-29-20-9-3-5-16-6-4-11-24-22(16)20/h1-9,11,13-14H,12,15H2,(H,26,28)/b25-13-. The fourth-order valence-corrected chi connectivity index (χ4v) is 3.13. The maximum absolute atomic E-state index is 12.1. The van der Waals surface area contributed by atoms with Crippen LogP contribution < -0.4 is 10.2 Å². The lowest BCUT2D eigenvalue weighted by Crippen LogP contribution is -2.24. The van der Waals surface area contributed by atoms with Crippen LogP contribution in [0.4, 0.5) is 0 Å². The zero-order valence-electron chi connectivity index (χ0n) is 15.4. The van der Waals surface area contributed by atoms with Crippen molar-refractivity contribution in [2.75, 3.05) is 6.61 Å². The molecule has 0 radical (unpaired) electrons. The molecule has 0 aliphatic rings. The Balaban J connectivity index is 1.42. The lowest BCUT2D eigenvalue weighted by Gasteiger charge is -2.07. The second-order valence-corrected chi connectivity index (χ2v) is 6.30. The first-order valence-electron chi connectivity index (χ1n) is 8.99. The van der Waals surface area contributed by atoms with Gasteiger partial charge < -0.3 is 9.30 Å². The van der Waals surface area contributed by atoms with Gasteiger partial charge in [-0.05, 0) is 18.2 Å². The number of hydrazone groups is 1. The third kappa shape index (κ3) is 3.92. The first-order valence-corrected chi connectivity index (χ1v) is 8.99. The minimum absolute atomic E-state index is 0.177. The molecule has 0 aliphatic heterocycles. The Morgan fingerprint density at radius 3 is 2.97 bits per heavy atom. The molecule has 2 aromatic carbocycles. The summed E-state index contributed by atoms with van der Waals surface area (Å²) in [5.41, 5.74) is 4.93. The molecule has 0 unspecified atom stereocenters. The Bertz CT molecular complexity index is 1250. The van der Waals surface area contributed by atoms with E-state index in [0.717, 1.165) is 21.9 Å². The van der Waals surface area contributed by atoms with Gasteiger partial charge in [-0.2, -0.15) is 10.4 Å². The normalized spacial score (nSPS) is 11.0. The first-order chi connectivity index (χ1) is 14.3. The molecule has 0 fully saturated rings. The highest BCUT2D eigenvalue weighted by molar-refractivity contribution is 5.99. The fourth-order valence-electron chi connectivity index (χ4n) is 3.13. The number of pyridine rings is 1. The highest BCUT2D eigenvalue weighted by Gasteiger charge is 2.08. The van der Waals surface area contributed by atoms with Crippen LogP contribution in [-0.4, -0.2) is 28.3 Å². The van der Waals surface area contributed by atoms with Gasteiger partial charge >= 0.3 is 0 Å². The highest BCUT2D eigenvalue weighted by atomic mass is 16.5. The zero-order valence-corrected chi connectivity index (χ0v) is 15.4. The summed E-state index contributed by atoms with van der Waals surface area (Å²) in [6.45, 7) is 0.0663. The second kappa shape index (κ2) is 8.23. The van der Waals surface area contributed by atoms with Gasteiger partial charge in [0.1, 0.15) is 17.8 Å². The highest BCUT2D eigenvalue weighted by Crippen LogP contribution is 2.23. The molecule has 0 bridgehead atoms. The van der Waals surface area contributed by atoms with Crippen LogP contribution in [0.25, 0.3) is 21.8 Å². The molecule has 2 heterocycles. The Hall–Kier alpha value is -4.18. The van der Waals surface area contributed by atoms with E-state index in [-0.39, 0.29) is 19.1 Å². The summed E-state index contributed by atoms with van der Waals surface area (Å²) in [6.07, 6.45) is 5.08. The van der Waals surface area contributed by atoms with Crippen LogP contribution in [0, 0.1) is 11.3 Å². The number of ether oxygens (including phenoxy) is 1. The number of hydrogen-bond donors (Lipinski definition) is 1. The van der Waals surface area contributed by atoms with Crippen molar-refractivity contribution in [1.82, 2.24) is 15.0 Å². The molecule has 0 saturated heterocycles. The maximum atomic E-state index is 12.1. The van der Waals surface area contributed by atoms with Crippen LogP contribution in [-0.2, 0) is 11.3 Å². The number of carbonyl (C=O) groups is 1. The summed E-state index contributed by atoms with van der Waals surface area (Å²) < 4.78 is 7.44. The van der Waals surface area contributed by atoms with Gasteiger partial charge in [0, 0.05) is 34.2 Å². The third-order valence-electron chi connectivity index (χ3n) is 4.41. The van der Waals surface area contributed by atoms with Gasteiger partial charge in [-0.15, -0.1) is 0 Å². The van der Waals surface area contributed by atoms with E-state index in [0.29, 0.717) is 11.3 Å². The first kappa shape index (κ1) is 18.2. The van der Waals surface area contributed by atoms with Crippen molar-refractivity contribution in [1.29, 1.82) is 5.26 Å². The molecule has 1 amide bonds. The minimum Gasteiger partial charge on any atom is -0.481 e.